The number of nitrogens with zero attached hydrogens (tertiary/aromatic N) is 3. The van der Waals surface area contributed by atoms with Gasteiger partial charge in [0.15, 0.2) is 11.7 Å². The van der Waals surface area contributed by atoms with Crippen molar-refractivity contribution in [1.82, 2.24) is 36.3 Å². The van der Waals surface area contributed by atoms with E-state index in [0.29, 0.717) is 24.0 Å². The fourth-order valence-corrected chi connectivity index (χ4v) is 4.47. The van der Waals surface area contributed by atoms with Crippen LogP contribution in [0.3, 0.4) is 0 Å². The number of carboxylic acids is 2. The van der Waals surface area contributed by atoms with Crippen molar-refractivity contribution < 1.29 is 39.0 Å². The molecule has 244 valence electrons. The Kier molecular flexibility index (Phi) is 13.4. The molecule has 46 heavy (non-hydrogen) atoms. The molecule has 0 spiro atoms. The monoisotopic (exact) mass is 635 g/mol. The zero-order chi connectivity index (χ0) is 33.5. The van der Waals surface area contributed by atoms with Crippen LogP contribution in [0.2, 0.25) is 0 Å². The lowest BCUT2D eigenvalue weighted by Gasteiger charge is -2.20. The minimum Gasteiger partial charge on any atom is -0.480 e. The van der Waals surface area contributed by atoms with Crippen LogP contribution in [0.5, 0.6) is 0 Å². The van der Waals surface area contributed by atoms with Gasteiger partial charge < -0.3 is 31.5 Å². The maximum Gasteiger partial charge on any atom is 0.328 e. The molecule has 0 fully saturated rings. The van der Waals surface area contributed by atoms with Crippen LogP contribution in [0.15, 0.2) is 66.9 Å². The number of carbonyl (C=O) groups excluding carboxylic acids is 4. The summed E-state index contributed by atoms with van der Waals surface area (Å²) in [7, 11) is 0. The molecule has 15 nitrogen and oxygen atoms in total. The number of rotatable bonds is 18. The second-order valence-electron chi connectivity index (χ2n) is 10.4. The topological polar surface area (TPSA) is 222 Å². The van der Waals surface area contributed by atoms with Gasteiger partial charge in [0.1, 0.15) is 18.6 Å². The van der Waals surface area contributed by atoms with Crippen molar-refractivity contribution in [2.24, 2.45) is 0 Å². The second kappa shape index (κ2) is 17.6. The van der Waals surface area contributed by atoms with E-state index in [-0.39, 0.29) is 18.5 Å². The summed E-state index contributed by atoms with van der Waals surface area (Å²) < 4.78 is 1.10. The SMILES string of the molecule is CCCCC(C(=O)O)n1cc(C(=O)N[C@@H](Cc2ccccc2)C(=O)NCC(=O)N[C@@H](Cc2ccccc2)C(=O)NCC(=O)O)nn1. The summed E-state index contributed by atoms with van der Waals surface area (Å²) in [4.78, 5) is 74.5. The Morgan fingerprint density at radius 3 is 1.85 bits per heavy atom. The smallest absolute Gasteiger partial charge is 0.328 e. The van der Waals surface area contributed by atoms with Gasteiger partial charge in [0.05, 0.1) is 12.7 Å². The molecule has 0 aliphatic heterocycles. The van der Waals surface area contributed by atoms with E-state index in [2.05, 4.69) is 31.6 Å². The van der Waals surface area contributed by atoms with Crippen molar-refractivity contribution in [3.8, 4) is 0 Å². The summed E-state index contributed by atoms with van der Waals surface area (Å²) in [5.74, 6) is -5.29. The van der Waals surface area contributed by atoms with Gasteiger partial charge in [0, 0.05) is 12.8 Å². The number of unbranched alkanes of at least 4 members (excludes halogenated alkanes) is 1. The lowest BCUT2D eigenvalue weighted by molar-refractivity contribution is -0.141. The van der Waals surface area contributed by atoms with Gasteiger partial charge in [-0.15, -0.1) is 5.10 Å². The van der Waals surface area contributed by atoms with Crippen LogP contribution >= 0.6 is 0 Å². The van der Waals surface area contributed by atoms with Crippen molar-refractivity contribution >= 4 is 35.6 Å². The van der Waals surface area contributed by atoms with E-state index in [4.69, 9.17) is 5.11 Å². The Morgan fingerprint density at radius 1 is 0.783 bits per heavy atom. The third-order valence-corrected chi connectivity index (χ3v) is 6.85. The Balaban J connectivity index is 1.69. The minimum atomic E-state index is -1.25. The Bertz CT molecular complexity index is 1500. The third-order valence-electron chi connectivity index (χ3n) is 6.85. The number of aromatic nitrogens is 3. The molecule has 2 aromatic carbocycles. The molecule has 15 heteroatoms. The van der Waals surface area contributed by atoms with E-state index < -0.39 is 66.8 Å². The predicted molar refractivity (Wildman–Crippen MR) is 163 cm³/mol. The zero-order valence-electron chi connectivity index (χ0n) is 25.2. The lowest BCUT2D eigenvalue weighted by atomic mass is 10.0. The Morgan fingerprint density at radius 2 is 1.33 bits per heavy atom. The molecule has 0 aliphatic rings. The summed E-state index contributed by atoms with van der Waals surface area (Å²) in [5.41, 5.74) is 1.23. The van der Waals surface area contributed by atoms with Crippen LogP contribution in [0.1, 0.15) is 53.8 Å². The summed E-state index contributed by atoms with van der Waals surface area (Å²) in [6.45, 7) is 0.732. The van der Waals surface area contributed by atoms with Crippen LogP contribution in [0.4, 0.5) is 0 Å². The molecule has 1 heterocycles. The highest BCUT2D eigenvalue weighted by Gasteiger charge is 2.27. The van der Waals surface area contributed by atoms with Crippen LogP contribution in [0, 0.1) is 0 Å². The van der Waals surface area contributed by atoms with Gasteiger partial charge in [0.2, 0.25) is 17.7 Å². The van der Waals surface area contributed by atoms with Gasteiger partial charge >= 0.3 is 11.9 Å². The highest BCUT2D eigenvalue weighted by Crippen LogP contribution is 2.15. The lowest BCUT2D eigenvalue weighted by Crippen LogP contribution is -2.53. The summed E-state index contributed by atoms with van der Waals surface area (Å²) in [6.07, 6.45) is 3.02. The van der Waals surface area contributed by atoms with Crippen molar-refractivity contribution in [2.75, 3.05) is 13.1 Å². The molecule has 3 aromatic rings. The quantitative estimate of drug-likeness (QED) is 0.113. The van der Waals surface area contributed by atoms with Gasteiger partial charge in [-0.05, 0) is 17.5 Å². The summed E-state index contributed by atoms with van der Waals surface area (Å²) >= 11 is 0. The zero-order valence-corrected chi connectivity index (χ0v) is 25.2. The molecule has 0 saturated carbocycles. The van der Waals surface area contributed by atoms with Crippen molar-refractivity contribution in [2.45, 2.75) is 57.2 Å². The van der Waals surface area contributed by atoms with Gasteiger partial charge in [-0.25, -0.2) is 9.48 Å². The summed E-state index contributed by atoms with van der Waals surface area (Å²) in [5, 5.41) is 35.9. The van der Waals surface area contributed by atoms with E-state index in [1.165, 1.54) is 6.20 Å². The van der Waals surface area contributed by atoms with E-state index in [9.17, 15) is 33.9 Å². The molecule has 0 radical (unpaired) electrons. The molecule has 0 saturated heterocycles. The first-order chi connectivity index (χ1) is 22.1. The van der Waals surface area contributed by atoms with Crippen LogP contribution < -0.4 is 21.3 Å². The van der Waals surface area contributed by atoms with Gasteiger partial charge in [0.25, 0.3) is 5.91 Å². The summed E-state index contributed by atoms with van der Waals surface area (Å²) in [6, 6.07) is 14.3. The van der Waals surface area contributed by atoms with Gasteiger partial charge in [-0.2, -0.15) is 0 Å². The van der Waals surface area contributed by atoms with Crippen LogP contribution in [-0.4, -0.2) is 85.9 Å². The van der Waals surface area contributed by atoms with Crippen molar-refractivity contribution in [1.29, 1.82) is 0 Å². The first kappa shape index (κ1) is 34.9. The average molecular weight is 636 g/mol. The molecule has 0 aliphatic carbocycles. The Hall–Kier alpha value is -5.60. The molecule has 1 aromatic heterocycles. The van der Waals surface area contributed by atoms with E-state index in [1.54, 1.807) is 60.7 Å². The minimum absolute atomic E-state index is 0.0522. The van der Waals surface area contributed by atoms with Crippen LogP contribution in [-0.2, 0) is 36.8 Å². The fraction of sp³-hybridized carbons (Fsp3) is 0.355. The number of hydrogen-bond acceptors (Lipinski definition) is 8. The maximum atomic E-state index is 13.3. The molecular weight excluding hydrogens is 598 g/mol. The van der Waals surface area contributed by atoms with E-state index >= 15 is 0 Å². The number of benzene rings is 2. The maximum absolute atomic E-state index is 13.3. The highest BCUT2D eigenvalue weighted by atomic mass is 16.4. The number of aliphatic carboxylic acids is 2. The molecular formula is C31H37N7O8. The normalized spacial score (nSPS) is 12.6. The predicted octanol–water partition coefficient (Wildman–Crippen LogP) is 0.480. The number of nitrogens with one attached hydrogen (secondary N) is 4. The molecule has 1 unspecified atom stereocenters. The first-order valence-electron chi connectivity index (χ1n) is 14.7. The Labute approximate surface area is 264 Å². The number of carbonyl (C=O) groups is 6. The van der Waals surface area contributed by atoms with Crippen LogP contribution in [0.25, 0.3) is 0 Å². The standard InChI is InChI=1S/C31H37N7O8/c1-2-3-14-25(31(45)46)38-19-24(36-37-38)30(44)35-23(16-21-12-8-5-9-13-21)29(43)32-17-26(39)34-22(28(42)33-18-27(40)41)15-20-10-6-4-7-11-20/h4-13,19,22-23,25H,2-3,14-18H2,1H3,(H,32,43)(H,33,42)(H,34,39)(H,35,44)(H,40,41)(H,45,46)/t22-,23-,25?/m0/s1. The highest BCUT2D eigenvalue weighted by molar-refractivity contribution is 5.97. The molecule has 6 N–H and O–H groups in total. The van der Waals surface area contributed by atoms with Gasteiger partial charge in [-0.3, -0.25) is 24.0 Å². The number of carboxylic acid groups (broad SMARTS) is 2. The molecule has 3 rings (SSSR count). The van der Waals surface area contributed by atoms with Gasteiger partial charge in [-0.1, -0.05) is 85.6 Å². The van der Waals surface area contributed by atoms with E-state index in [0.717, 1.165) is 11.1 Å². The molecule has 4 amide bonds. The molecule has 0 bridgehead atoms. The average Bonchev–Trinajstić information content (AvgIpc) is 3.53. The number of amides is 4. The second-order valence-corrected chi connectivity index (χ2v) is 10.4. The largest absolute Gasteiger partial charge is 0.480 e. The fourth-order valence-electron chi connectivity index (χ4n) is 4.47. The van der Waals surface area contributed by atoms with Crippen molar-refractivity contribution in [3.05, 3.63) is 83.7 Å². The third kappa shape index (κ3) is 11.2. The first-order valence-corrected chi connectivity index (χ1v) is 14.7. The van der Waals surface area contributed by atoms with E-state index in [1.807, 2.05) is 6.92 Å². The molecule has 3 atom stereocenters. The number of hydrogen-bond donors (Lipinski definition) is 6. The van der Waals surface area contributed by atoms with Crippen molar-refractivity contribution in [3.63, 3.8) is 0 Å².